The van der Waals surface area contributed by atoms with Crippen LogP contribution in [0.3, 0.4) is 0 Å². The van der Waals surface area contributed by atoms with Gasteiger partial charge in [0.15, 0.2) is 11.5 Å². The molecule has 0 amide bonds. The van der Waals surface area contributed by atoms with E-state index >= 15 is 0 Å². The Balaban J connectivity index is 1.63. The van der Waals surface area contributed by atoms with Gasteiger partial charge in [0.2, 0.25) is 0 Å². The maximum absolute atomic E-state index is 4.65. The van der Waals surface area contributed by atoms with Gasteiger partial charge in [-0.3, -0.25) is 5.10 Å². The van der Waals surface area contributed by atoms with Gasteiger partial charge in [0.05, 0.1) is 17.9 Å². The number of hydrogen-bond donors (Lipinski definition) is 3. The standard InChI is InChI=1S/C16H15N7/c1-2-4-11(5-3-1)14-21-15(13-9-20-23-16(13)22-14)18-7-6-12-8-17-10-19-12/h1-5,8-10H,6-7H2,(H,17,19)(H2,18,20,21,22,23). The summed E-state index contributed by atoms with van der Waals surface area (Å²) in [5, 5.41) is 11.2. The second kappa shape index (κ2) is 5.88. The number of nitrogens with one attached hydrogen (secondary N) is 3. The molecule has 4 aromatic rings. The minimum atomic E-state index is 0.673. The van der Waals surface area contributed by atoms with E-state index in [1.807, 2.05) is 36.5 Å². The Bertz CT molecular complexity index is 897. The van der Waals surface area contributed by atoms with Crippen LogP contribution >= 0.6 is 0 Å². The zero-order valence-corrected chi connectivity index (χ0v) is 12.3. The van der Waals surface area contributed by atoms with Gasteiger partial charge in [-0.15, -0.1) is 0 Å². The van der Waals surface area contributed by atoms with Crippen LogP contribution < -0.4 is 5.32 Å². The van der Waals surface area contributed by atoms with Gasteiger partial charge in [0, 0.05) is 30.4 Å². The molecule has 3 heterocycles. The molecule has 0 radical (unpaired) electrons. The van der Waals surface area contributed by atoms with Gasteiger partial charge >= 0.3 is 0 Å². The quantitative estimate of drug-likeness (QED) is 0.526. The molecule has 0 saturated heterocycles. The van der Waals surface area contributed by atoms with Crippen molar-refractivity contribution >= 4 is 16.9 Å². The van der Waals surface area contributed by atoms with Gasteiger partial charge in [0.1, 0.15) is 5.82 Å². The molecule has 23 heavy (non-hydrogen) atoms. The van der Waals surface area contributed by atoms with Crippen LogP contribution in [0.5, 0.6) is 0 Å². The van der Waals surface area contributed by atoms with Gasteiger partial charge in [0.25, 0.3) is 0 Å². The van der Waals surface area contributed by atoms with Crippen molar-refractivity contribution in [1.82, 2.24) is 30.1 Å². The topological polar surface area (TPSA) is 95.2 Å². The number of aromatic amines is 2. The second-order valence-corrected chi connectivity index (χ2v) is 5.15. The van der Waals surface area contributed by atoms with Crippen molar-refractivity contribution in [3.8, 4) is 11.4 Å². The second-order valence-electron chi connectivity index (χ2n) is 5.15. The lowest BCUT2D eigenvalue weighted by atomic mass is 10.2. The van der Waals surface area contributed by atoms with E-state index in [4.69, 9.17) is 0 Å². The van der Waals surface area contributed by atoms with Crippen LogP contribution in [0, 0.1) is 0 Å². The van der Waals surface area contributed by atoms with Crippen molar-refractivity contribution < 1.29 is 0 Å². The number of anilines is 1. The molecule has 7 nitrogen and oxygen atoms in total. The van der Waals surface area contributed by atoms with Crippen molar-refractivity contribution in [1.29, 1.82) is 0 Å². The molecule has 0 bridgehead atoms. The van der Waals surface area contributed by atoms with Crippen LogP contribution in [0.4, 0.5) is 5.82 Å². The predicted molar refractivity (Wildman–Crippen MR) is 87.9 cm³/mol. The van der Waals surface area contributed by atoms with Crippen molar-refractivity contribution in [2.24, 2.45) is 0 Å². The number of rotatable bonds is 5. The van der Waals surface area contributed by atoms with E-state index in [1.165, 1.54) is 0 Å². The third-order valence-electron chi connectivity index (χ3n) is 3.58. The molecular formula is C16H15N7. The van der Waals surface area contributed by atoms with Crippen molar-refractivity contribution in [2.75, 3.05) is 11.9 Å². The maximum Gasteiger partial charge on any atom is 0.163 e. The van der Waals surface area contributed by atoms with E-state index < -0.39 is 0 Å². The highest BCUT2D eigenvalue weighted by molar-refractivity contribution is 5.87. The minimum absolute atomic E-state index is 0.673. The average molecular weight is 305 g/mol. The molecule has 0 aliphatic heterocycles. The molecule has 0 fully saturated rings. The minimum Gasteiger partial charge on any atom is -0.369 e. The van der Waals surface area contributed by atoms with E-state index in [1.54, 1.807) is 12.5 Å². The molecular weight excluding hydrogens is 290 g/mol. The molecule has 0 aliphatic carbocycles. The number of H-pyrrole nitrogens is 2. The summed E-state index contributed by atoms with van der Waals surface area (Å²) in [6, 6.07) is 9.90. The lowest BCUT2D eigenvalue weighted by molar-refractivity contribution is 0.969. The zero-order chi connectivity index (χ0) is 15.5. The van der Waals surface area contributed by atoms with Gasteiger partial charge in [-0.05, 0) is 0 Å². The van der Waals surface area contributed by atoms with Crippen molar-refractivity contribution in [3.63, 3.8) is 0 Å². The highest BCUT2D eigenvalue weighted by Gasteiger charge is 2.10. The van der Waals surface area contributed by atoms with Crippen LogP contribution in [0.15, 0.2) is 49.1 Å². The van der Waals surface area contributed by atoms with E-state index in [2.05, 4.69) is 35.5 Å². The number of nitrogens with zero attached hydrogens (tertiary/aromatic N) is 4. The monoisotopic (exact) mass is 305 g/mol. The number of hydrogen-bond acceptors (Lipinski definition) is 5. The molecule has 0 atom stereocenters. The van der Waals surface area contributed by atoms with Crippen LogP contribution in [-0.4, -0.2) is 36.7 Å². The molecule has 0 unspecified atom stereocenters. The van der Waals surface area contributed by atoms with E-state index in [0.29, 0.717) is 5.82 Å². The Morgan fingerprint density at radius 3 is 2.78 bits per heavy atom. The first-order valence-electron chi connectivity index (χ1n) is 7.38. The fourth-order valence-corrected chi connectivity index (χ4v) is 2.42. The van der Waals surface area contributed by atoms with E-state index in [0.717, 1.165) is 41.1 Å². The Morgan fingerprint density at radius 2 is 1.96 bits per heavy atom. The SMILES string of the molecule is c1ccc(-c2nc(NCCc3cnc[nH]3)c3cn[nH]c3n2)cc1. The number of imidazole rings is 1. The summed E-state index contributed by atoms with van der Waals surface area (Å²) in [6.45, 7) is 0.744. The van der Waals surface area contributed by atoms with Crippen LogP contribution in [0.25, 0.3) is 22.4 Å². The third kappa shape index (κ3) is 2.76. The summed E-state index contributed by atoms with van der Waals surface area (Å²) in [5.74, 6) is 1.45. The molecule has 0 aliphatic rings. The van der Waals surface area contributed by atoms with E-state index in [9.17, 15) is 0 Å². The highest BCUT2D eigenvalue weighted by atomic mass is 15.2. The Morgan fingerprint density at radius 1 is 1.04 bits per heavy atom. The fraction of sp³-hybridized carbons (Fsp3) is 0.125. The number of benzene rings is 1. The van der Waals surface area contributed by atoms with Crippen LogP contribution in [0.1, 0.15) is 5.69 Å². The molecule has 4 rings (SSSR count). The van der Waals surface area contributed by atoms with Crippen molar-refractivity contribution in [2.45, 2.75) is 6.42 Å². The summed E-state index contributed by atoms with van der Waals surface area (Å²) in [4.78, 5) is 16.3. The summed E-state index contributed by atoms with van der Waals surface area (Å²) < 4.78 is 0. The predicted octanol–water partition coefficient (Wildman–Crippen LogP) is 2.40. The average Bonchev–Trinajstić information content (AvgIpc) is 3.26. The largest absolute Gasteiger partial charge is 0.369 e. The van der Waals surface area contributed by atoms with Gasteiger partial charge in [-0.25, -0.2) is 15.0 Å². The van der Waals surface area contributed by atoms with Crippen LogP contribution in [-0.2, 0) is 6.42 Å². The normalized spacial score (nSPS) is 11.0. The molecule has 1 aromatic carbocycles. The molecule has 0 spiro atoms. The summed E-state index contributed by atoms with van der Waals surface area (Å²) in [7, 11) is 0. The third-order valence-corrected chi connectivity index (χ3v) is 3.58. The summed E-state index contributed by atoms with van der Waals surface area (Å²) in [5.41, 5.74) is 2.78. The Hall–Kier alpha value is -3.22. The van der Waals surface area contributed by atoms with Gasteiger partial charge in [-0.1, -0.05) is 30.3 Å². The first-order chi connectivity index (χ1) is 11.4. The zero-order valence-electron chi connectivity index (χ0n) is 12.3. The highest BCUT2D eigenvalue weighted by Crippen LogP contribution is 2.23. The summed E-state index contributed by atoms with van der Waals surface area (Å²) in [6.07, 6.45) is 6.08. The first-order valence-corrected chi connectivity index (χ1v) is 7.38. The van der Waals surface area contributed by atoms with E-state index in [-0.39, 0.29) is 0 Å². The number of aromatic nitrogens is 6. The van der Waals surface area contributed by atoms with Crippen LogP contribution in [0.2, 0.25) is 0 Å². The number of fused-ring (bicyclic) bond motifs is 1. The van der Waals surface area contributed by atoms with Gasteiger partial charge in [-0.2, -0.15) is 5.10 Å². The fourth-order valence-electron chi connectivity index (χ4n) is 2.42. The van der Waals surface area contributed by atoms with Crippen molar-refractivity contribution in [3.05, 3.63) is 54.7 Å². The lowest BCUT2D eigenvalue weighted by Gasteiger charge is -2.08. The Kier molecular flexibility index (Phi) is 3.44. The smallest absolute Gasteiger partial charge is 0.163 e. The van der Waals surface area contributed by atoms with Gasteiger partial charge < -0.3 is 10.3 Å². The summed E-state index contributed by atoms with van der Waals surface area (Å²) >= 11 is 0. The lowest BCUT2D eigenvalue weighted by Crippen LogP contribution is -2.08. The first kappa shape index (κ1) is 13.4. The molecule has 0 saturated carbocycles. The molecule has 3 N–H and O–H groups in total. The molecule has 7 heteroatoms. The Labute approximate surface area is 132 Å². The molecule has 3 aromatic heterocycles. The maximum atomic E-state index is 4.65. The molecule has 114 valence electrons.